The molecule has 0 bridgehead atoms. The summed E-state index contributed by atoms with van der Waals surface area (Å²) < 4.78 is 12.7. The lowest BCUT2D eigenvalue weighted by Gasteiger charge is -2.08. The van der Waals surface area contributed by atoms with Crippen molar-refractivity contribution in [3.05, 3.63) is 0 Å². The van der Waals surface area contributed by atoms with Gasteiger partial charge in [-0.15, -0.1) is 0 Å². The molecule has 2 unspecified atom stereocenters. The minimum absolute atomic E-state index is 0.244. The molecule has 0 amide bonds. The van der Waals surface area contributed by atoms with Crippen molar-refractivity contribution in [3.8, 4) is 0 Å². The summed E-state index contributed by atoms with van der Waals surface area (Å²) >= 11 is 0. The highest BCUT2D eigenvalue weighted by Crippen LogP contribution is 2.07. The molecular weight excluding hydrogens is 160 g/mol. The SMILES string of the molecule is CC.CS(=O)N1CCC(N)C1. The first-order valence-corrected chi connectivity index (χ1v) is 5.55. The van der Waals surface area contributed by atoms with Crippen LogP contribution in [0.2, 0.25) is 0 Å². The Balaban J connectivity index is 0.000000461. The van der Waals surface area contributed by atoms with Gasteiger partial charge in [-0.25, -0.2) is 8.51 Å². The number of rotatable bonds is 1. The van der Waals surface area contributed by atoms with Crippen molar-refractivity contribution in [2.75, 3.05) is 19.3 Å². The fourth-order valence-electron chi connectivity index (χ4n) is 0.987. The van der Waals surface area contributed by atoms with E-state index in [0.717, 1.165) is 19.5 Å². The van der Waals surface area contributed by atoms with Crippen LogP contribution in [0.5, 0.6) is 0 Å². The van der Waals surface area contributed by atoms with E-state index in [1.807, 2.05) is 18.2 Å². The van der Waals surface area contributed by atoms with Gasteiger partial charge < -0.3 is 5.73 Å². The van der Waals surface area contributed by atoms with Gasteiger partial charge in [0.1, 0.15) is 0 Å². The maximum absolute atomic E-state index is 10.8. The predicted octanol–water partition coefficient (Wildman–Crippen LogP) is 0.339. The molecule has 2 atom stereocenters. The van der Waals surface area contributed by atoms with Crippen molar-refractivity contribution < 1.29 is 4.21 Å². The molecule has 1 fully saturated rings. The molecule has 2 N–H and O–H groups in total. The van der Waals surface area contributed by atoms with Gasteiger partial charge in [0.25, 0.3) is 0 Å². The van der Waals surface area contributed by atoms with Crippen molar-refractivity contribution in [1.82, 2.24) is 4.31 Å². The Morgan fingerprint density at radius 1 is 1.55 bits per heavy atom. The molecule has 0 aromatic rings. The van der Waals surface area contributed by atoms with Crippen molar-refractivity contribution in [1.29, 1.82) is 0 Å². The van der Waals surface area contributed by atoms with Gasteiger partial charge in [0.2, 0.25) is 0 Å². The summed E-state index contributed by atoms with van der Waals surface area (Å²) in [5.41, 5.74) is 5.59. The van der Waals surface area contributed by atoms with Crippen LogP contribution in [-0.2, 0) is 11.0 Å². The standard InChI is InChI=1S/C5H12N2OS.C2H6/c1-9(8)7-3-2-5(6)4-7;1-2/h5H,2-4,6H2,1H3;1-2H3. The van der Waals surface area contributed by atoms with Crippen molar-refractivity contribution in [3.63, 3.8) is 0 Å². The van der Waals surface area contributed by atoms with Gasteiger partial charge in [-0.3, -0.25) is 0 Å². The first-order chi connectivity index (χ1) is 5.20. The highest BCUT2D eigenvalue weighted by molar-refractivity contribution is 7.81. The summed E-state index contributed by atoms with van der Waals surface area (Å²) in [4.78, 5) is 0. The van der Waals surface area contributed by atoms with Crippen LogP contribution in [0.25, 0.3) is 0 Å². The summed E-state index contributed by atoms with van der Waals surface area (Å²) in [6, 6.07) is 0.244. The van der Waals surface area contributed by atoms with Crippen LogP contribution in [0.1, 0.15) is 20.3 Å². The Hall–Kier alpha value is 0.0700. The molecule has 11 heavy (non-hydrogen) atoms. The summed E-state index contributed by atoms with van der Waals surface area (Å²) in [5, 5.41) is 0. The van der Waals surface area contributed by atoms with Crippen LogP contribution < -0.4 is 5.73 Å². The highest BCUT2D eigenvalue weighted by atomic mass is 32.2. The Labute approximate surface area is 71.5 Å². The fourth-order valence-corrected chi connectivity index (χ4v) is 1.75. The zero-order valence-electron chi connectivity index (χ0n) is 7.54. The monoisotopic (exact) mass is 178 g/mol. The van der Waals surface area contributed by atoms with Gasteiger partial charge in [0, 0.05) is 25.4 Å². The summed E-state index contributed by atoms with van der Waals surface area (Å²) in [6.45, 7) is 5.69. The van der Waals surface area contributed by atoms with E-state index in [1.165, 1.54) is 0 Å². The Bertz CT molecular complexity index is 130. The van der Waals surface area contributed by atoms with E-state index in [4.69, 9.17) is 5.73 Å². The summed E-state index contributed by atoms with van der Waals surface area (Å²) in [5.74, 6) is 0. The molecule has 1 rings (SSSR count). The van der Waals surface area contributed by atoms with Gasteiger partial charge in [-0.1, -0.05) is 13.8 Å². The quantitative estimate of drug-likeness (QED) is 0.629. The number of nitrogens with zero attached hydrogens (tertiary/aromatic N) is 1. The number of hydrogen-bond acceptors (Lipinski definition) is 2. The first-order valence-electron chi connectivity index (χ1n) is 4.04. The Morgan fingerprint density at radius 3 is 2.27 bits per heavy atom. The van der Waals surface area contributed by atoms with E-state index in [1.54, 1.807) is 6.26 Å². The van der Waals surface area contributed by atoms with Gasteiger partial charge >= 0.3 is 0 Å². The van der Waals surface area contributed by atoms with E-state index >= 15 is 0 Å². The second kappa shape index (κ2) is 5.69. The summed E-state index contributed by atoms with van der Waals surface area (Å²) in [6.07, 6.45) is 2.68. The lowest BCUT2D eigenvalue weighted by Crippen LogP contribution is -2.27. The van der Waals surface area contributed by atoms with Crippen LogP contribution in [0.3, 0.4) is 0 Å². The van der Waals surface area contributed by atoms with Crippen LogP contribution in [0, 0.1) is 0 Å². The van der Waals surface area contributed by atoms with E-state index < -0.39 is 11.0 Å². The van der Waals surface area contributed by atoms with Gasteiger partial charge in [-0.2, -0.15) is 0 Å². The molecule has 68 valence electrons. The zero-order chi connectivity index (χ0) is 8.85. The molecule has 0 aromatic heterocycles. The fraction of sp³-hybridized carbons (Fsp3) is 1.00. The van der Waals surface area contributed by atoms with E-state index in [9.17, 15) is 4.21 Å². The molecular formula is C7H18N2OS. The normalized spacial score (nSPS) is 27.5. The molecule has 1 heterocycles. The second-order valence-electron chi connectivity index (χ2n) is 2.36. The van der Waals surface area contributed by atoms with Crippen LogP contribution in [0.15, 0.2) is 0 Å². The molecule has 0 spiro atoms. The number of hydrogen-bond donors (Lipinski definition) is 1. The minimum atomic E-state index is -0.808. The second-order valence-corrected chi connectivity index (χ2v) is 3.72. The van der Waals surface area contributed by atoms with E-state index in [-0.39, 0.29) is 6.04 Å². The van der Waals surface area contributed by atoms with E-state index in [0.29, 0.717) is 0 Å². The first kappa shape index (κ1) is 11.1. The molecule has 1 aliphatic heterocycles. The van der Waals surface area contributed by atoms with Crippen molar-refractivity contribution in [2.45, 2.75) is 26.3 Å². The largest absolute Gasteiger partial charge is 0.326 e. The lowest BCUT2D eigenvalue weighted by molar-refractivity contribution is 0.531. The van der Waals surface area contributed by atoms with Crippen LogP contribution >= 0.6 is 0 Å². The van der Waals surface area contributed by atoms with E-state index in [2.05, 4.69) is 0 Å². The zero-order valence-corrected chi connectivity index (χ0v) is 8.36. The van der Waals surface area contributed by atoms with Crippen molar-refractivity contribution in [2.24, 2.45) is 5.73 Å². The third-order valence-electron chi connectivity index (χ3n) is 1.55. The van der Waals surface area contributed by atoms with Crippen LogP contribution in [0.4, 0.5) is 0 Å². The van der Waals surface area contributed by atoms with Crippen LogP contribution in [-0.4, -0.2) is 33.9 Å². The van der Waals surface area contributed by atoms with Crippen molar-refractivity contribution >= 4 is 11.0 Å². The minimum Gasteiger partial charge on any atom is -0.326 e. The average Bonchev–Trinajstić information content (AvgIpc) is 2.40. The molecule has 0 radical (unpaired) electrons. The third-order valence-corrected chi connectivity index (χ3v) is 2.61. The van der Waals surface area contributed by atoms with Gasteiger partial charge in [0.05, 0.1) is 11.0 Å². The van der Waals surface area contributed by atoms with Gasteiger partial charge in [-0.05, 0) is 6.42 Å². The van der Waals surface area contributed by atoms with Gasteiger partial charge in [0.15, 0.2) is 0 Å². The third kappa shape index (κ3) is 3.84. The topological polar surface area (TPSA) is 46.3 Å². The summed E-state index contributed by atoms with van der Waals surface area (Å²) in [7, 11) is -0.808. The predicted molar refractivity (Wildman–Crippen MR) is 49.6 cm³/mol. The average molecular weight is 178 g/mol. The molecule has 0 aliphatic carbocycles. The molecule has 1 aliphatic rings. The maximum Gasteiger partial charge on any atom is 0.0911 e. The molecule has 0 aromatic carbocycles. The Kier molecular flexibility index (Phi) is 5.72. The smallest absolute Gasteiger partial charge is 0.0911 e. The maximum atomic E-state index is 10.8. The number of nitrogens with two attached hydrogens (primary N) is 1. The Morgan fingerprint density at radius 2 is 2.09 bits per heavy atom. The molecule has 4 heteroatoms. The molecule has 1 saturated heterocycles. The highest BCUT2D eigenvalue weighted by Gasteiger charge is 2.20. The lowest BCUT2D eigenvalue weighted by atomic mass is 10.3. The molecule has 3 nitrogen and oxygen atoms in total. The molecule has 0 saturated carbocycles.